The molecule has 0 aliphatic carbocycles. The van der Waals surface area contributed by atoms with Crippen molar-refractivity contribution in [1.29, 1.82) is 0 Å². The first-order valence-corrected chi connectivity index (χ1v) is 6.40. The molecule has 0 unspecified atom stereocenters. The molecule has 0 spiro atoms. The van der Waals surface area contributed by atoms with Crippen LogP contribution in [0.4, 0.5) is 0 Å². The lowest BCUT2D eigenvalue weighted by atomic mass is 10.0. The van der Waals surface area contributed by atoms with E-state index in [1.807, 2.05) is 36.1 Å². The van der Waals surface area contributed by atoms with Gasteiger partial charge in [0.2, 0.25) is 0 Å². The summed E-state index contributed by atoms with van der Waals surface area (Å²) >= 11 is 0. The predicted octanol–water partition coefficient (Wildman–Crippen LogP) is 1.05. The molecule has 1 aromatic rings. The molecule has 4 heteroatoms. The van der Waals surface area contributed by atoms with E-state index < -0.39 is 0 Å². The van der Waals surface area contributed by atoms with Crippen LogP contribution in [0.15, 0.2) is 24.3 Å². The van der Waals surface area contributed by atoms with E-state index in [1.165, 1.54) is 0 Å². The Hall–Kier alpha value is -1.39. The Labute approximate surface area is 108 Å². The van der Waals surface area contributed by atoms with E-state index in [2.05, 4.69) is 0 Å². The van der Waals surface area contributed by atoms with E-state index in [-0.39, 0.29) is 11.9 Å². The highest BCUT2D eigenvalue weighted by Gasteiger charge is 2.25. The molecule has 4 nitrogen and oxygen atoms in total. The summed E-state index contributed by atoms with van der Waals surface area (Å²) in [6.45, 7) is 4.47. The smallest absolute Gasteiger partial charge is 0.254 e. The highest BCUT2D eigenvalue weighted by atomic mass is 16.5. The summed E-state index contributed by atoms with van der Waals surface area (Å²) in [5.74, 6) is 0.0925. The number of nitrogens with zero attached hydrogens (tertiary/aromatic N) is 1. The molecule has 1 heterocycles. The summed E-state index contributed by atoms with van der Waals surface area (Å²) in [5.41, 5.74) is 7.40. The highest BCUT2D eigenvalue weighted by Crippen LogP contribution is 2.16. The summed E-state index contributed by atoms with van der Waals surface area (Å²) in [4.78, 5) is 14.4. The van der Waals surface area contributed by atoms with Crippen molar-refractivity contribution in [3.8, 4) is 0 Å². The van der Waals surface area contributed by atoms with Crippen molar-refractivity contribution in [2.75, 3.05) is 26.3 Å². The summed E-state index contributed by atoms with van der Waals surface area (Å²) < 4.78 is 5.36. The summed E-state index contributed by atoms with van der Waals surface area (Å²) in [5, 5.41) is 0. The third-order valence-electron chi connectivity index (χ3n) is 3.29. The number of nitrogens with two attached hydrogens (primary N) is 1. The second-order valence-electron chi connectivity index (χ2n) is 4.62. The van der Waals surface area contributed by atoms with Gasteiger partial charge in [-0.1, -0.05) is 18.2 Å². The maximum atomic E-state index is 12.5. The zero-order valence-electron chi connectivity index (χ0n) is 10.8. The molecule has 1 saturated heterocycles. The van der Waals surface area contributed by atoms with Gasteiger partial charge in [-0.05, 0) is 31.5 Å². The standard InChI is InChI=1S/C14H20N2O2/c1-11-10-18-9-8-16(11)14(17)13-5-3-2-4-12(13)6-7-15/h2-5,11H,6-10,15H2,1H3/t11-/m1/s1. The molecule has 98 valence electrons. The average Bonchev–Trinajstić information content (AvgIpc) is 2.40. The number of carbonyl (C=O) groups excluding carboxylic acids is 1. The molecule has 1 amide bonds. The fraction of sp³-hybridized carbons (Fsp3) is 0.500. The molecule has 2 rings (SSSR count). The van der Waals surface area contributed by atoms with Crippen molar-refractivity contribution in [2.24, 2.45) is 5.73 Å². The highest BCUT2D eigenvalue weighted by molar-refractivity contribution is 5.96. The van der Waals surface area contributed by atoms with E-state index in [1.54, 1.807) is 0 Å². The minimum atomic E-state index is 0.0925. The maximum Gasteiger partial charge on any atom is 0.254 e. The van der Waals surface area contributed by atoms with Gasteiger partial charge in [-0.25, -0.2) is 0 Å². The van der Waals surface area contributed by atoms with E-state index in [4.69, 9.17) is 10.5 Å². The van der Waals surface area contributed by atoms with Crippen LogP contribution < -0.4 is 5.73 Å². The predicted molar refractivity (Wildman–Crippen MR) is 70.5 cm³/mol. The van der Waals surface area contributed by atoms with Gasteiger partial charge >= 0.3 is 0 Å². The summed E-state index contributed by atoms with van der Waals surface area (Å²) in [6.07, 6.45) is 0.737. The van der Waals surface area contributed by atoms with E-state index in [0.29, 0.717) is 26.3 Å². The summed E-state index contributed by atoms with van der Waals surface area (Å²) in [6, 6.07) is 7.85. The van der Waals surface area contributed by atoms with Gasteiger partial charge in [-0.3, -0.25) is 4.79 Å². The number of morpholine rings is 1. The molecular weight excluding hydrogens is 228 g/mol. The first-order valence-electron chi connectivity index (χ1n) is 6.40. The number of hydrogen-bond donors (Lipinski definition) is 1. The van der Waals surface area contributed by atoms with Gasteiger partial charge in [0.25, 0.3) is 5.91 Å². The van der Waals surface area contributed by atoms with Gasteiger partial charge in [-0.15, -0.1) is 0 Å². The Morgan fingerprint density at radius 3 is 3.00 bits per heavy atom. The van der Waals surface area contributed by atoms with Gasteiger partial charge < -0.3 is 15.4 Å². The number of ether oxygens (including phenoxy) is 1. The van der Waals surface area contributed by atoms with Crippen LogP contribution in [0.1, 0.15) is 22.8 Å². The number of hydrogen-bond acceptors (Lipinski definition) is 3. The summed E-state index contributed by atoms with van der Waals surface area (Å²) in [7, 11) is 0. The Morgan fingerprint density at radius 1 is 1.50 bits per heavy atom. The number of carbonyl (C=O) groups is 1. The van der Waals surface area contributed by atoms with Crippen molar-refractivity contribution in [3.63, 3.8) is 0 Å². The van der Waals surface area contributed by atoms with Crippen molar-refractivity contribution in [2.45, 2.75) is 19.4 Å². The monoisotopic (exact) mass is 248 g/mol. The molecule has 1 aliphatic heterocycles. The molecule has 18 heavy (non-hydrogen) atoms. The molecule has 0 bridgehead atoms. The van der Waals surface area contributed by atoms with Crippen LogP contribution in [0.2, 0.25) is 0 Å². The second kappa shape index (κ2) is 5.98. The third-order valence-corrected chi connectivity index (χ3v) is 3.29. The van der Waals surface area contributed by atoms with Crippen LogP contribution in [0, 0.1) is 0 Å². The van der Waals surface area contributed by atoms with Crippen LogP contribution in [0.5, 0.6) is 0 Å². The molecule has 0 radical (unpaired) electrons. The minimum absolute atomic E-state index is 0.0925. The third kappa shape index (κ3) is 2.71. The lowest BCUT2D eigenvalue weighted by Crippen LogP contribution is -2.47. The molecule has 0 aromatic heterocycles. The first kappa shape index (κ1) is 13.1. The number of benzene rings is 1. The lowest BCUT2D eigenvalue weighted by molar-refractivity contribution is 0.00353. The average molecular weight is 248 g/mol. The molecule has 1 aliphatic rings. The van der Waals surface area contributed by atoms with E-state index in [9.17, 15) is 4.79 Å². The van der Waals surface area contributed by atoms with Crippen LogP contribution in [-0.2, 0) is 11.2 Å². The fourth-order valence-electron chi connectivity index (χ4n) is 2.29. The molecule has 0 saturated carbocycles. The van der Waals surface area contributed by atoms with Crippen LogP contribution in [-0.4, -0.2) is 43.2 Å². The second-order valence-corrected chi connectivity index (χ2v) is 4.62. The Balaban J connectivity index is 2.22. The van der Waals surface area contributed by atoms with Crippen molar-refractivity contribution >= 4 is 5.91 Å². The molecular formula is C14H20N2O2. The van der Waals surface area contributed by atoms with Gasteiger partial charge in [0, 0.05) is 12.1 Å². The van der Waals surface area contributed by atoms with Gasteiger partial charge in [0.15, 0.2) is 0 Å². The lowest BCUT2D eigenvalue weighted by Gasteiger charge is -2.33. The van der Waals surface area contributed by atoms with Gasteiger partial charge in [0.1, 0.15) is 0 Å². The maximum absolute atomic E-state index is 12.5. The van der Waals surface area contributed by atoms with Crippen molar-refractivity contribution in [3.05, 3.63) is 35.4 Å². The van der Waals surface area contributed by atoms with Crippen LogP contribution >= 0.6 is 0 Å². The Bertz CT molecular complexity index is 420. The SMILES string of the molecule is C[C@@H]1COCCN1C(=O)c1ccccc1CCN. The zero-order chi connectivity index (χ0) is 13.0. The molecule has 2 N–H and O–H groups in total. The van der Waals surface area contributed by atoms with Gasteiger partial charge in [0.05, 0.1) is 19.3 Å². The Kier molecular flexibility index (Phi) is 4.33. The molecule has 1 aromatic carbocycles. The van der Waals surface area contributed by atoms with Crippen molar-refractivity contribution < 1.29 is 9.53 Å². The fourth-order valence-corrected chi connectivity index (χ4v) is 2.29. The number of amides is 1. The minimum Gasteiger partial charge on any atom is -0.377 e. The molecule has 1 atom stereocenters. The Morgan fingerprint density at radius 2 is 2.28 bits per heavy atom. The largest absolute Gasteiger partial charge is 0.377 e. The van der Waals surface area contributed by atoms with E-state index >= 15 is 0 Å². The normalized spacial score (nSPS) is 19.9. The van der Waals surface area contributed by atoms with Crippen LogP contribution in [0.25, 0.3) is 0 Å². The van der Waals surface area contributed by atoms with Crippen LogP contribution in [0.3, 0.4) is 0 Å². The topological polar surface area (TPSA) is 55.6 Å². The van der Waals surface area contributed by atoms with Gasteiger partial charge in [-0.2, -0.15) is 0 Å². The van der Waals surface area contributed by atoms with E-state index in [0.717, 1.165) is 17.5 Å². The first-order chi connectivity index (χ1) is 8.74. The molecule has 1 fully saturated rings. The van der Waals surface area contributed by atoms with Crippen molar-refractivity contribution in [1.82, 2.24) is 4.90 Å². The number of rotatable bonds is 3. The quantitative estimate of drug-likeness (QED) is 0.870. The zero-order valence-corrected chi connectivity index (χ0v) is 10.8.